The molecule has 24 heavy (non-hydrogen) atoms. The first-order valence-electron chi connectivity index (χ1n) is 7.00. The standard InChI is InChI=1S/C17H12Cl2N2O3/c18-11-1-3-15(14(19)9-11)23-10-13-2-4-16(24-13)17(22)21-12-5-7-20-8-6-12/h1-9H,10H2,(H,20,21,22). The lowest BCUT2D eigenvalue weighted by atomic mass is 10.3. The molecule has 1 amide bonds. The number of nitrogens with zero attached hydrogens (tertiary/aromatic N) is 1. The summed E-state index contributed by atoms with van der Waals surface area (Å²) in [5.41, 5.74) is 0.636. The minimum absolute atomic E-state index is 0.143. The number of amides is 1. The van der Waals surface area contributed by atoms with Crippen LogP contribution in [0.1, 0.15) is 16.3 Å². The normalized spacial score (nSPS) is 10.4. The van der Waals surface area contributed by atoms with E-state index in [0.29, 0.717) is 27.2 Å². The molecule has 1 N–H and O–H groups in total. The Bertz CT molecular complexity index is 850. The predicted octanol–water partition coefficient (Wildman–Crippen LogP) is 4.81. The number of furan rings is 1. The van der Waals surface area contributed by atoms with Crippen LogP contribution in [0.4, 0.5) is 5.69 Å². The van der Waals surface area contributed by atoms with Crippen LogP contribution in [-0.2, 0) is 6.61 Å². The van der Waals surface area contributed by atoms with Crippen molar-refractivity contribution in [3.8, 4) is 5.75 Å². The summed E-state index contributed by atoms with van der Waals surface area (Å²) >= 11 is 11.9. The number of nitrogens with one attached hydrogen (secondary N) is 1. The van der Waals surface area contributed by atoms with Crippen molar-refractivity contribution in [2.75, 3.05) is 5.32 Å². The summed E-state index contributed by atoms with van der Waals surface area (Å²) in [5.74, 6) is 0.825. The van der Waals surface area contributed by atoms with Gasteiger partial charge in [-0.25, -0.2) is 0 Å². The average molecular weight is 363 g/mol. The lowest BCUT2D eigenvalue weighted by Crippen LogP contribution is -2.10. The maximum atomic E-state index is 12.1. The molecule has 0 saturated carbocycles. The number of aromatic nitrogens is 1. The zero-order chi connectivity index (χ0) is 16.9. The molecule has 0 fully saturated rings. The van der Waals surface area contributed by atoms with Crippen LogP contribution < -0.4 is 10.1 Å². The van der Waals surface area contributed by atoms with Crippen LogP contribution in [0.5, 0.6) is 5.75 Å². The first-order chi connectivity index (χ1) is 11.6. The zero-order valence-corrected chi connectivity index (χ0v) is 13.8. The third kappa shape index (κ3) is 4.07. The summed E-state index contributed by atoms with van der Waals surface area (Å²) in [7, 11) is 0. The van der Waals surface area contributed by atoms with E-state index in [1.165, 1.54) is 0 Å². The molecule has 0 atom stereocenters. The van der Waals surface area contributed by atoms with Crippen molar-refractivity contribution < 1.29 is 13.9 Å². The largest absolute Gasteiger partial charge is 0.484 e. The molecule has 2 heterocycles. The van der Waals surface area contributed by atoms with Crippen molar-refractivity contribution >= 4 is 34.8 Å². The number of benzene rings is 1. The van der Waals surface area contributed by atoms with Crippen LogP contribution in [0, 0.1) is 0 Å². The molecule has 0 aliphatic heterocycles. The van der Waals surface area contributed by atoms with Gasteiger partial charge in [0.1, 0.15) is 18.1 Å². The van der Waals surface area contributed by atoms with E-state index < -0.39 is 0 Å². The van der Waals surface area contributed by atoms with E-state index in [9.17, 15) is 4.79 Å². The van der Waals surface area contributed by atoms with Crippen LogP contribution in [0.15, 0.2) is 59.3 Å². The number of carbonyl (C=O) groups excluding carboxylic acids is 1. The van der Waals surface area contributed by atoms with E-state index in [2.05, 4.69) is 10.3 Å². The molecule has 3 rings (SSSR count). The lowest BCUT2D eigenvalue weighted by molar-refractivity contribution is 0.0992. The van der Waals surface area contributed by atoms with Gasteiger partial charge in [0, 0.05) is 23.1 Å². The molecule has 0 radical (unpaired) electrons. The molecule has 5 nitrogen and oxygen atoms in total. The fourth-order valence-corrected chi connectivity index (χ4v) is 2.41. The second-order valence-electron chi connectivity index (χ2n) is 4.82. The Labute approximate surface area is 148 Å². The average Bonchev–Trinajstić information content (AvgIpc) is 3.04. The summed E-state index contributed by atoms with van der Waals surface area (Å²) in [4.78, 5) is 16.0. The van der Waals surface area contributed by atoms with Gasteiger partial charge in [-0.3, -0.25) is 9.78 Å². The number of rotatable bonds is 5. The summed E-state index contributed by atoms with van der Waals surface area (Å²) in [6.07, 6.45) is 3.18. The van der Waals surface area contributed by atoms with Crippen LogP contribution in [-0.4, -0.2) is 10.9 Å². The van der Waals surface area contributed by atoms with Crippen molar-refractivity contribution in [1.29, 1.82) is 0 Å². The number of hydrogen-bond donors (Lipinski definition) is 1. The number of pyridine rings is 1. The van der Waals surface area contributed by atoms with Gasteiger partial charge in [-0.05, 0) is 42.5 Å². The van der Waals surface area contributed by atoms with Gasteiger partial charge in [0.25, 0.3) is 5.91 Å². The third-order valence-electron chi connectivity index (χ3n) is 3.09. The van der Waals surface area contributed by atoms with Gasteiger partial charge in [-0.1, -0.05) is 23.2 Å². The molecule has 7 heteroatoms. The summed E-state index contributed by atoms with van der Waals surface area (Å²) < 4.78 is 11.0. The topological polar surface area (TPSA) is 64.4 Å². The van der Waals surface area contributed by atoms with Gasteiger partial charge >= 0.3 is 0 Å². The van der Waals surface area contributed by atoms with Crippen molar-refractivity contribution in [3.05, 3.63) is 76.4 Å². The molecule has 1 aromatic carbocycles. The molecular formula is C17H12Cl2N2O3. The van der Waals surface area contributed by atoms with Gasteiger partial charge < -0.3 is 14.5 Å². The van der Waals surface area contributed by atoms with Gasteiger partial charge in [0.15, 0.2) is 5.76 Å². The lowest BCUT2D eigenvalue weighted by Gasteiger charge is -2.06. The third-order valence-corrected chi connectivity index (χ3v) is 3.62. The Balaban J connectivity index is 1.62. The Hall–Kier alpha value is -2.50. The number of anilines is 1. The van der Waals surface area contributed by atoms with E-state index in [-0.39, 0.29) is 18.3 Å². The number of halogens is 2. The monoisotopic (exact) mass is 362 g/mol. The Kier molecular flexibility index (Phi) is 5.03. The molecule has 0 bridgehead atoms. The van der Waals surface area contributed by atoms with E-state index in [0.717, 1.165) is 0 Å². The minimum atomic E-state index is -0.350. The second kappa shape index (κ2) is 7.38. The molecule has 0 spiro atoms. The van der Waals surface area contributed by atoms with E-state index >= 15 is 0 Å². The Morgan fingerprint density at radius 2 is 1.92 bits per heavy atom. The molecule has 0 saturated heterocycles. The first-order valence-corrected chi connectivity index (χ1v) is 7.75. The summed E-state index contributed by atoms with van der Waals surface area (Å²) in [5, 5.41) is 3.65. The second-order valence-corrected chi connectivity index (χ2v) is 5.66. The SMILES string of the molecule is O=C(Nc1ccncc1)c1ccc(COc2ccc(Cl)cc2Cl)o1. The number of hydrogen-bond acceptors (Lipinski definition) is 4. The van der Waals surface area contributed by atoms with Crippen molar-refractivity contribution in [1.82, 2.24) is 4.98 Å². The van der Waals surface area contributed by atoms with Crippen LogP contribution >= 0.6 is 23.2 Å². The van der Waals surface area contributed by atoms with Gasteiger partial charge in [-0.15, -0.1) is 0 Å². The quantitative estimate of drug-likeness (QED) is 0.706. The summed E-state index contributed by atoms with van der Waals surface area (Å²) in [6.45, 7) is 0.143. The fourth-order valence-electron chi connectivity index (χ4n) is 1.95. The molecule has 3 aromatic rings. The molecule has 2 aromatic heterocycles. The summed E-state index contributed by atoms with van der Waals surface area (Å²) in [6, 6.07) is 11.6. The van der Waals surface area contributed by atoms with E-state index in [1.54, 1.807) is 54.9 Å². The van der Waals surface area contributed by atoms with Gasteiger partial charge in [0.2, 0.25) is 0 Å². The van der Waals surface area contributed by atoms with Crippen LogP contribution in [0.2, 0.25) is 10.0 Å². The zero-order valence-electron chi connectivity index (χ0n) is 12.3. The highest BCUT2D eigenvalue weighted by atomic mass is 35.5. The highest BCUT2D eigenvalue weighted by molar-refractivity contribution is 6.35. The first kappa shape index (κ1) is 16.4. The maximum absolute atomic E-state index is 12.1. The Morgan fingerprint density at radius 1 is 1.12 bits per heavy atom. The maximum Gasteiger partial charge on any atom is 0.291 e. The highest BCUT2D eigenvalue weighted by Gasteiger charge is 2.12. The van der Waals surface area contributed by atoms with Crippen molar-refractivity contribution in [2.24, 2.45) is 0 Å². The molecule has 0 aliphatic rings. The van der Waals surface area contributed by atoms with Gasteiger partial charge in [0.05, 0.1) is 5.02 Å². The molecule has 122 valence electrons. The number of ether oxygens (including phenoxy) is 1. The number of carbonyl (C=O) groups is 1. The highest BCUT2D eigenvalue weighted by Crippen LogP contribution is 2.28. The van der Waals surface area contributed by atoms with Crippen LogP contribution in [0.25, 0.3) is 0 Å². The Morgan fingerprint density at radius 3 is 2.67 bits per heavy atom. The molecule has 0 unspecified atom stereocenters. The predicted molar refractivity (Wildman–Crippen MR) is 91.7 cm³/mol. The minimum Gasteiger partial charge on any atom is -0.484 e. The molecule has 0 aliphatic carbocycles. The molecular weight excluding hydrogens is 351 g/mol. The van der Waals surface area contributed by atoms with Crippen LogP contribution in [0.3, 0.4) is 0 Å². The van der Waals surface area contributed by atoms with Crippen molar-refractivity contribution in [3.63, 3.8) is 0 Å². The fraction of sp³-hybridized carbons (Fsp3) is 0.0588. The van der Waals surface area contributed by atoms with E-state index in [1.807, 2.05) is 0 Å². The smallest absolute Gasteiger partial charge is 0.291 e. The van der Waals surface area contributed by atoms with E-state index in [4.69, 9.17) is 32.4 Å². The van der Waals surface area contributed by atoms with Crippen molar-refractivity contribution in [2.45, 2.75) is 6.61 Å². The van der Waals surface area contributed by atoms with Gasteiger partial charge in [-0.2, -0.15) is 0 Å².